The molecule has 1 unspecified atom stereocenters. The van der Waals surface area contributed by atoms with Gasteiger partial charge in [0.15, 0.2) is 0 Å². The van der Waals surface area contributed by atoms with Gasteiger partial charge in [0.2, 0.25) is 10.0 Å². The van der Waals surface area contributed by atoms with Crippen molar-refractivity contribution >= 4 is 37.6 Å². The molecule has 18 heavy (non-hydrogen) atoms. The van der Waals surface area contributed by atoms with Gasteiger partial charge in [-0.3, -0.25) is 0 Å². The molecule has 7 heteroatoms. The topological polar surface area (TPSA) is 55.4 Å². The summed E-state index contributed by atoms with van der Waals surface area (Å²) in [5, 5.41) is 0.469. The van der Waals surface area contributed by atoms with E-state index in [1.54, 1.807) is 6.92 Å². The molecule has 0 amide bonds. The predicted octanol–water partition coefficient (Wildman–Crippen LogP) is 2.81. The van der Waals surface area contributed by atoms with E-state index in [2.05, 4.69) is 20.7 Å². The van der Waals surface area contributed by atoms with Crippen molar-refractivity contribution in [2.75, 3.05) is 13.2 Å². The number of ether oxygens (including phenoxy) is 1. The highest BCUT2D eigenvalue weighted by Gasteiger charge is 2.18. The number of benzene rings is 1. The number of halogens is 2. The Balaban J connectivity index is 2.83. The lowest BCUT2D eigenvalue weighted by Gasteiger charge is -2.14. The first-order valence-corrected chi connectivity index (χ1v) is 8.07. The maximum absolute atomic E-state index is 12.0. The van der Waals surface area contributed by atoms with Crippen molar-refractivity contribution < 1.29 is 13.2 Å². The molecule has 0 aromatic heterocycles. The van der Waals surface area contributed by atoms with E-state index in [9.17, 15) is 8.42 Å². The molecule has 1 aromatic rings. The van der Waals surface area contributed by atoms with E-state index in [1.165, 1.54) is 18.2 Å². The zero-order valence-corrected chi connectivity index (χ0v) is 13.3. The molecule has 0 spiro atoms. The molecule has 0 radical (unpaired) electrons. The highest BCUT2D eigenvalue weighted by molar-refractivity contribution is 9.10. The minimum absolute atomic E-state index is 0.169. The maximum atomic E-state index is 12.0. The Bertz CT molecular complexity index is 507. The molecule has 1 rings (SSSR count). The predicted molar refractivity (Wildman–Crippen MR) is 75.4 cm³/mol. The second-order valence-electron chi connectivity index (χ2n) is 3.76. The summed E-state index contributed by atoms with van der Waals surface area (Å²) in [6.45, 7) is 4.50. The minimum Gasteiger partial charge on any atom is -0.380 e. The summed E-state index contributed by atoms with van der Waals surface area (Å²) >= 11 is 9.02. The molecule has 4 nitrogen and oxygen atoms in total. The maximum Gasteiger partial charge on any atom is 0.240 e. The van der Waals surface area contributed by atoms with Crippen LogP contribution in [0.25, 0.3) is 0 Å². The van der Waals surface area contributed by atoms with Crippen molar-refractivity contribution in [3.8, 4) is 0 Å². The van der Waals surface area contributed by atoms with E-state index >= 15 is 0 Å². The lowest BCUT2D eigenvalue weighted by Crippen LogP contribution is -2.35. The van der Waals surface area contributed by atoms with Crippen LogP contribution in [0.2, 0.25) is 5.02 Å². The van der Waals surface area contributed by atoms with Crippen LogP contribution in [0.15, 0.2) is 27.6 Å². The van der Waals surface area contributed by atoms with Gasteiger partial charge in [0.1, 0.15) is 0 Å². The first kappa shape index (κ1) is 15.9. The Hall–Kier alpha value is -0.140. The van der Waals surface area contributed by atoms with Crippen LogP contribution in [0.5, 0.6) is 0 Å². The van der Waals surface area contributed by atoms with Crippen molar-refractivity contribution in [1.82, 2.24) is 4.72 Å². The Morgan fingerprint density at radius 1 is 1.50 bits per heavy atom. The summed E-state index contributed by atoms with van der Waals surface area (Å²) in [6.07, 6.45) is 0. The van der Waals surface area contributed by atoms with Crippen LogP contribution in [0.3, 0.4) is 0 Å². The van der Waals surface area contributed by atoms with E-state index in [4.69, 9.17) is 16.3 Å². The number of rotatable bonds is 6. The molecule has 0 aliphatic heterocycles. The largest absolute Gasteiger partial charge is 0.380 e. The first-order valence-electron chi connectivity index (χ1n) is 5.42. The number of nitrogens with one attached hydrogen (secondary N) is 1. The fourth-order valence-corrected chi connectivity index (χ4v) is 3.21. The van der Waals surface area contributed by atoms with Crippen LogP contribution in [0.1, 0.15) is 13.8 Å². The molecule has 1 atom stereocenters. The second-order valence-corrected chi connectivity index (χ2v) is 6.73. The third-order valence-corrected chi connectivity index (χ3v) is 4.93. The van der Waals surface area contributed by atoms with Crippen LogP contribution in [0.4, 0.5) is 0 Å². The quantitative estimate of drug-likeness (QED) is 0.852. The lowest BCUT2D eigenvalue weighted by molar-refractivity contribution is 0.133. The summed E-state index contributed by atoms with van der Waals surface area (Å²) in [4.78, 5) is 0.169. The molecule has 0 fully saturated rings. The first-order chi connectivity index (χ1) is 8.36. The fraction of sp³-hybridized carbons (Fsp3) is 0.455. The van der Waals surface area contributed by atoms with Gasteiger partial charge in [0.25, 0.3) is 0 Å². The van der Waals surface area contributed by atoms with Crippen LogP contribution >= 0.6 is 27.5 Å². The van der Waals surface area contributed by atoms with Crippen LogP contribution in [0, 0.1) is 0 Å². The normalized spacial score (nSPS) is 13.6. The van der Waals surface area contributed by atoms with Gasteiger partial charge in [0.05, 0.1) is 16.5 Å². The van der Waals surface area contributed by atoms with Crippen molar-refractivity contribution in [2.24, 2.45) is 0 Å². The van der Waals surface area contributed by atoms with E-state index in [-0.39, 0.29) is 10.9 Å². The minimum atomic E-state index is -3.55. The van der Waals surface area contributed by atoms with Crippen LogP contribution in [-0.4, -0.2) is 27.7 Å². The zero-order chi connectivity index (χ0) is 13.8. The van der Waals surface area contributed by atoms with E-state index in [0.717, 1.165) is 0 Å². The summed E-state index contributed by atoms with van der Waals surface area (Å²) in [6, 6.07) is 4.18. The zero-order valence-electron chi connectivity index (χ0n) is 10.1. The molecule has 0 saturated heterocycles. The van der Waals surface area contributed by atoms with Crippen molar-refractivity contribution in [3.05, 3.63) is 27.7 Å². The molecule has 0 aliphatic rings. The van der Waals surface area contributed by atoms with Gasteiger partial charge >= 0.3 is 0 Å². The third-order valence-electron chi connectivity index (χ3n) is 2.13. The van der Waals surface area contributed by atoms with Crippen molar-refractivity contribution in [1.29, 1.82) is 0 Å². The summed E-state index contributed by atoms with van der Waals surface area (Å²) in [7, 11) is -3.55. The fourth-order valence-electron chi connectivity index (χ4n) is 1.31. The molecule has 0 saturated carbocycles. The van der Waals surface area contributed by atoms with E-state index in [1.807, 2.05) is 6.92 Å². The number of hydrogen-bond acceptors (Lipinski definition) is 3. The summed E-state index contributed by atoms with van der Waals surface area (Å²) in [5.74, 6) is 0. The molecule has 0 bridgehead atoms. The molecular weight excluding hydrogens is 342 g/mol. The van der Waals surface area contributed by atoms with Crippen molar-refractivity contribution in [3.63, 3.8) is 0 Å². The molecular formula is C11H15BrClNO3S. The number of sulfonamides is 1. The Morgan fingerprint density at radius 3 is 2.72 bits per heavy atom. The van der Waals surface area contributed by atoms with Gasteiger partial charge in [-0.25, -0.2) is 13.1 Å². The Morgan fingerprint density at radius 2 is 2.17 bits per heavy atom. The van der Waals surface area contributed by atoms with Gasteiger partial charge in [-0.05, 0) is 48.0 Å². The van der Waals surface area contributed by atoms with Gasteiger partial charge in [0, 0.05) is 17.1 Å². The van der Waals surface area contributed by atoms with Crippen LogP contribution in [-0.2, 0) is 14.8 Å². The second kappa shape index (κ2) is 6.86. The monoisotopic (exact) mass is 355 g/mol. The standard InChI is InChI=1S/C11H15BrClNO3S/c1-3-17-7-8(2)14-18(15,16)9-4-5-11(13)10(12)6-9/h4-6,8,14H,3,7H2,1-2H3. The number of hydrogen-bond donors (Lipinski definition) is 1. The molecule has 0 heterocycles. The van der Waals surface area contributed by atoms with Gasteiger partial charge < -0.3 is 4.74 Å². The van der Waals surface area contributed by atoms with E-state index in [0.29, 0.717) is 22.7 Å². The highest BCUT2D eigenvalue weighted by atomic mass is 79.9. The average Bonchev–Trinajstić information content (AvgIpc) is 2.29. The molecule has 102 valence electrons. The third kappa shape index (κ3) is 4.51. The average molecular weight is 357 g/mol. The summed E-state index contributed by atoms with van der Waals surface area (Å²) < 4.78 is 32.3. The Kier molecular flexibility index (Phi) is 6.07. The Labute approximate surface area is 121 Å². The van der Waals surface area contributed by atoms with Gasteiger partial charge in [-0.1, -0.05) is 11.6 Å². The van der Waals surface area contributed by atoms with Gasteiger partial charge in [-0.2, -0.15) is 0 Å². The van der Waals surface area contributed by atoms with Crippen molar-refractivity contribution in [2.45, 2.75) is 24.8 Å². The lowest BCUT2D eigenvalue weighted by atomic mass is 10.4. The highest BCUT2D eigenvalue weighted by Crippen LogP contribution is 2.25. The molecule has 1 aromatic carbocycles. The SMILES string of the molecule is CCOCC(C)NS(=O)(=O)c1ccc(Cl)c(Br)c1. The smallest absolute Gasteiger partial charge is 0.240 e. The molecule has 1 N–H and O–H groups in total. The molecule has 0 aliphatic carbocycles. The van der Waals surface area contributed by atoms with Gasteiger partial charge in [-0.15, -0.1) is 0 Å². The van der Waals surface area contributed by atoms with E-state index < -0.39 is 10.0 Å². The summed E-state index contributed by atoms with van der Waals surface area (Å²) in [5.41, 5.74) is 0. The van der Waals surface area contributed by atoms with Crippen LogP contribution < -0.4 is 4.72 Å².